The van der Waals surface area contributed by atoms with E-state index in [1.165, 1.54) is 0 Å². The van der Waals surface area contributed by atoms with Gasteiger partial charge in [-0.2, -0.15) is 0 Å². The Hall–Kier alpha value is -4.04. The van der Waals surface area contributed by atoms with Crippen LogP contribution in [-0.4, -0.2) is 48.9 Å². The maximum atomic E-state index is 13.6. The molecule has 3 aromatic rings. The van der Waals surface area contributed by atoms with Crippen molar-refractivity contribution in [2.75, 3.05) is 32.3 Å². The minimum atomic E-state index is -0.909. The molecule has 40 heavy (non-hydrogen) atoms. The van der Waals surface area contributed by atoms with Crippen LogP contribution < -0.4 is 19.5 Å². The van der Waals surface area contributed by atoms with Gasteiger partial charge in [0.2, 0.25) is 12.7 Å². The Balaban J connectivity index is 1.48. The molecule has 0 bridgehead atoms. The summed E-state index contributed by atoms with van der Waals surface area (Å²) in [4.78, 5) is 28.4. The van der Waals surface area contributed by atoms with Gasteiger partial charge in [-0.3, -0.25) is 14.5 Å². The lowest BCUT2D eigenvalue weighted by atomic mass is 9.82. The molecule has 2 aliphatic heterocycles. The Morgan fingerprint density at radius 2 is 1.73 bits per heavy atom. The quantitative estimate of drug-likeness (QED) is 0.352. The summed E-state index contributed by atoms with van der Waals surface area (Å²) in [5.41, 5.74) is 4.75. The molecular weight excluding hydrogens is 508 g/mol. The fourth-order valence-electron chi connectivity index (χ4n) is 6.02. The number of para-hydroxylation sites is 1. The van der Waals surface area contributed by atoms with Gasteiger partial charge < -0.3 is 24.6 Å². The van der Waals surface area contributed by atoms with Crippen LogP contribution in [0.1, 0.15) is 54.5 Å². The molecule has 0 aliphatic carbocycles. The highest BCUT2D eigenvalue weighted by Crippen LogP contribution is 2.47. The van der Waals surface area contributed by atoms with E-state index in [1.807, 2.05) is 59.5 Å². The van der Waals surface area contributed by atoms with Gasteiger partial charge in [-0.1, -0.05) is 56.7 Å². The molecule has 0 unspecified atom stereocenters. The molecule has 0 aromatic heterocycles. The lowest BCUT2D eigenvalue weighted by molar-refractivity contribution is -0.143. The zero-order chi connectivity index (χ0) is 28.2. The fourth-order valence-corrected chi connectivity index (χ4v) is 6.02. The van der Waals surface area contributed by atoms with Crippen LogP contribution in [0.25, 0.3) is 0 Å². The number of carboxylic acids is 1. The zero-order valence-corrected chi connectivity index (χ0v) is 23.2. The summed E-state index contributed by atoms with van der Waals surface area (Å²) in [6.07, 6.45) is 2.65. The monoisotopic (exact) mass is 544 g/mol. The highest BCUT2D eigenvalue weighted by Gasteiger charge is 2.48. The summed E-state index contributed by atoms with van der Waals surface area (Å²) < 4.78 is 16.4. The number of amides is 1. The average molecular weight is 545 g/mol. The topological polar surface area (TPSA) is 97.3 Å². The van der Waals surface area contributed by atoms with E-state index in [2.05, 4.69) is 25.2 Å². The SMILES string of the molecule is CCCc1cccc(CC)c1NC(=O)CN1C[C@H](c2ccc3c(c2)OCO3)[C@@H](C(=O)O)[C@@H]1c1ccc(OC)cc1. The van der Waals surface area contributed by atoms with Gasteiger partial charge in [-0.15, -0.1) is 0 Å². The maximum absolute atomic E-state index is 13.6. The van der Waals surface area contributed by atoms with Gasteiger partial charge in [0.15, 0.2) is 11.5 Å². The first-order valence-electron chi connectivity index (χ1n) is 13.8. The van der Waals surface area contributed by atoms with Crippen LogP contribution >= 0.6 is 0 Å². The summed E-state index contributed by atoms with van der Waals surface area (Å²) in [6, 6.07) is 18.6. The van der Waals surface area contributed by atoms with Crippen LogP contribution in [0.4, 0.5) is 5.69 Å². The van der Waals surface area contributed by atoms with E-state index in [0.29, 0.717) is 23.8 Å². The minimum Gasteiger partial charge on any atom is -0.497 e. The van der Waals surface area contributed by atoms with Gasteiger partial charge in [-0.05, 0) is 59.4 Å². The maximum Gasteiger partial charge on any atom is 0.309 e. The van der Waals surface area contributed by atoms with Crippen LogP contribution in [0.15, 0.2) is 60.7 Å². The molecule has 3 aromatic carbocycles. The first-order chi connectivity index (χ1) is 19.4. The second-order valence-electron chi connectivity index (χ2n) is 10.3. The van der Waals surface area contributed by atoms with E-state index < -0.39 is 17.9 Å². The molecule has 1 fully saturated rings. The number of aryl methyl sites for hydroxylation is 2. The number of likely N-dealkylation sites (tertiary alicyclic amines) is 1. The van der Waals surface area contributed by atoms with Crippen LogP contribution in [0.2, 0.25) is 0 Å². The van der Waals surface area contributed by atoms with Crippen molar-refractivity contribution in [1.82, 2.24) is 4.90 Å². The number of methoxy groups -OCH3 is 1. The van der Waals surface area contributed by atoms with Gasteiger partial charge >= 0.3 is 5.97 Å². The molecule has 0 radical (unpaired) electrons. The summed E-state index contributed by atoms with van der Waals surface area (Å²) >= 11 is 0. The highest BCUT2D eigenvalue weighted by molar-refractivity contribution is 5.94. The van der Waals surface area contributed by atoms with Crippen LogP contribution in [-0.2, 0) is 22.4 Å². The number of aliphatic carboxylic acids is 1. The fraction of sp³-hybridized carbons (Fsp3) is 0.375. The number of rotatable bonds is 10. The van der Waals surface area contributed by atoms with Crippen molar-refractivity contribution in [3.05, 3.63) is 82.9 Å². The smallest absolute Gasteiger partial charge is 0.309 e. The Labute approximate surface area is 234 Å². The number of carbonyl (C=O) groups excluding carboxylic acids is 1. The van der Waals surface area contributed by atoms with Crippen molar-refractivity contribution >= 4 is 17.6 Å². The Bertz CT molecular complexity index is 1370. The van der Waals surface area contributed by atoms with Gasteiger partial charge in [0.05, 0.1) is 19.6 Å². The molecule has 210 valence electrons. The van der Waals surface area contributed by atoms with Crippen molar-refractivity contribution in [2.45, 2.75) is 45.1 Å². The van der Waals surface area contributed by atoms with E-state index in [4.69, 9.17) is 14.2 Å². The van der Waals surface area contributed by atoms with Crippen molar-refractivity contribution in [3.63, 3.8) is 0 Å². The molecular formula is C32H36N2O6. The summed E-state index contributed by atoms with van der Waals surface area (Å²) in [5.74, 6) is -0.261. The van der Waals surface area contributed by atoms with E-state index in [9.17, 15) is 14.7 Å². The van der Waals surface area contributed by atoms with Crippen LogP contribution in [0, 0.1) is 5.92 Å². The van der Waals surface area contributed by atoms with Crippen LogP contribution in [0.5, 0.6) is 17.2 Å². The average Bonchev–Trinajstić information content (AvgIpc) is 3.58. The van der Waals surface area contributed by atoms with Gasteiger partial charge in [0.25, 0.3) is 0 Å². The third-order valence-electron chi connectivity index (χ3n) is 7.91. The number of carboxylic acid groups (broad SMARTS) is 1. The lowest BCUT2D eigenvalue weighted by Gasteiger charge is -2.27. The van der Waals surface area contributed by atoms with Crippen LogP contribution in [0.3, 0.4) is 0 Å². The van der Waals surface area contributed by atoms with Crippen molar-refractivity contribution in [3.8, 4) is 17.2 Å². The Morgan fingerprint density at radius 3 is 2.42 bits per heavy atom. The number of fused-ring (bicyclic) bond motifs is 1. The third-order valence-corrected chi connectivity index (χ3v) is 7.91. The third kappa shape index (κ3) is 5.49. The van der Waals surface area contributed by atoms with Gasteiger partial charge in [0.1, 0.15) is 5.75 Å². The zero-order valence-electron chi connectivity index (χ0n) is 23.2. The lowest BCUT2D eigenvalue weighted by Crippen LogP contribution is -2.35. The normalized spacial score (nSPS) is 19.9. The Kier molecular flexibility index (Phi) is 8.26. The van der Waals surface area contributed by atoms with E-state index in [-0.39, 0.29) is 25.2 Å². The predicted octanol–water partition coefficient (Wildman–Crippen LogP) is 5.42. The summed E-state index contributed by atoms with van der Waals surface area (Å²) in [7, 11) is 1.60. The largest absolute Gasteiger partial charge is 0.497 e. The molecule has 1 amide bonds. The standard InChI is InChI=1S/C32H36N2O6/c1-4-7-21-9-6-8-20(5-2)30(21)33-28(35)18-34-17-25(23-12-15-26-27(16-23)40-19-39-26)29(32(36)37)31(34)22-10-13-24(38-3)14-11-22/h6,8-16,25,29,31H,4-5,7,17-19H2,1-3H3,(H,33,35)(H,36,37)/t25-,29-,31+/m1/s1. The first-order valence-corrected chi connectivity index (χ1v) is 13.8. The first kappa shape index (κ1) is 27.5. The van der Waals surface area contributed by atoms with E-state index in [1.54, 1.807) is 7.11 Å². The molecule has 2 heterocycles. The molecule has 2 aliphatic rings. The number of hydrogen-bond acceptors (Lipinski definition) is 6. The van der Waals surface area contributed by atoms with E-state index in [0.717, 1.165) is 47.2 Å². The van der Waals surface area contributed by atoms with Gasteiger partial charge in [-0.25, -0.2) is 0 Å². The molecule has 2 N–H and O–H groups in total. The molecule has 1 saturated heterocycles. The molecule has 3 atom stereocenters. The number of ether oxygens (including phenoxy) is 3. The van der Waals surface area contributed by atoms with Crippen molar-refractivity contribution < 1.29 is 28.9 Å². The molecule has 0 saturated carbocycles. The summed E-state index contributed by atoms with van der Waals surface area (Å²) in [5, 5.41) is 13.7. The van der Waals surface area contributed by atoms with Gasteiger partial charge in [0, 0.05) is 24.2 Å². The van der Waals surface area contributed by atoms with Crippen molar-refractivity contribution in [1.29, 1.82) is 0 Å². The number of carbonyl (C=O) groups is 2. The number of nitrogens with zero attached hydrogens (tertiary/aromatic N) is 1. The van der Waals surface area contributed by atoms with Crippen molar-refractivity contribution in [2.24, 2.45) is 5.92 Å². The number of benzene rings is 3. The number of nitrogens with one attached hydrogen (secondary N) is 1. The molecule has 8 nitrogen and oxygen atoms in total. The molecule has 0 spiro atoms. The highest BCUT2D eigenvalue weighted by atomic mass is 16.7. The molecule has 8 heteroatoms. The second kappa shape index (κ2) is 12.0. The second-order valence-corrected chi connectivity index (χ2v) is 10.3. The summed E-state index contributed by atoms with van der Waals surface area (Å²) in [6.45, 7) is 4.81. The minimum absolute atomic E-state index is 0.0607. The number of hydrogen-bond donors (Lipinski definition) is 2. The van der Waals surface area contributed by atoms with E-state index >= 15 is 0 Å². The predicted molar refractivity (Wildman–Crippen MR) is 152 cm³/mol. The number of anilines is 1. The molecule has 5 rings (SSSR count). The Morgan fingerprint density at radius 1 is 1.00 bits per heavy atom.